The van der Waals surface area contributed by atoms with E-state index in [2.05, 4.69) is 27.7 Å². The van der Waals surface area contributed by atoms with Crippen molar-refractivity contribution in [3.8, 4) is 0 Å². The maximum absolute atomic E-state index is 9.00. The molecule has 0 aliphatic carbocycles. The molecule has 0 unspecified atom stereocenters. The van der Waals surface area contributed by atoms with Gasteiger partial charge in [-0.2, -0.15) is 0 Å². The van der Waals surface area contributed by atoms with Gasteiger partial charge in [0.1, 0.15) is 0 Å². The first kappa shape index (κ1) is 25.0. The van der Waals surface area contributed by atoms with Crippen LogP contribution in [0.2, 0.25) is 0 Å². The third kappa shape index (κ3) is 15.0. The van der Waals surface area contributed by atoms with Gasteiger partial charge in [0, 0.05) is 6.92 Å². The molecule has 15 heavy (non-hydrogen) atoms. The van der Waals surface area contributed by atoms with Gasteiger partial charge in [0.15, 0.2) is 0 Å². The third-order valence-corrected chi connectivity index (χ3v) is 7.35. The molecule has 0 heterocycles. The van der Waals surface area contributed by atoms with Crippen LogP contribution < -0.4 is 0 Å². The van der Waals surface area contributed by atoms with Crippen molar-refractivity contribution in [2.45, 2.75) is 34.6 Å². The Morgan fingerprint density at radius 2 is 1.13 bits per heavy atom. The standard InChI is InChI=1S/C8H20S.C2H4O2.Ca.H2O.2H/c1-5-9(6-2,7-3)8-4;1-2(3)4;;;;/h5-8H2,1-4H3;1H3,(H,3,4);;1H2;;. The van der Waals surface area contributed by atoms with Crippen molar-refractivity contribution in [3.63, 3.8) is 0 Å². The van der Waals surface area contributed by atoms with Crippen molar-refractivity contribution >= 4 is 53.7 Å². The summed E-state index contributed by atoms with van der Waals surface area (Å²) >= 11 is 0. The van der Waals surface area contributed by atoms with Gasteiger partial charge in [0.25, 0.3) is 5.97 Å². The zero-order valence-electron chi connectivity index (χ0n) is 10.1. The summed E-state index contributed by atoms with van der Waals surface area (Å²) in [5.41, 5.74) is 0. The van der Waals surface area contributed by atoms with E-state index in [-0.39, 0.29) is 53.2 Å². The van der Waals surface area contributed by atoms with Crippen LogP contribution in [0.3, 0.4) is 0 Å². The zero-order chi connectivity index (χ0) is 10.9. The van der Waals surface area contributed by atoms with E-state index in [9.17, 15) is 0 Å². The van der Waals surface area contributed by atoms with Gasteiger partial charge in [0.05, 0.1) is 0 Å². The first-order valence-electron chi connectivity index (χ1n) is 4.91. The fourth-order valence-corrected chi connectivity index (χ4v) is 3.67. The molecule has 0 aliphatic heterocycles. The van der Waals surface area contributed by atoms with E-state index < -0.39 is 5.97 Å². The number of carbonyl (C=O) groups is 1. The van der Waals surface area contributed by atoms with Crippen LogP contribution in [0.1, 0.15) is 34.6 Å². The summed E-state index contributed by atoms with van der Waals surface area (Å²) in [4.78, 5) is 9.00. The average Bonchev–Trinajstić information content (AvgIpc) is 2.09. The van der Waals surface area contributed by atoms with Crippen molar-refractivity contribution in [3.05, 3.63) is 0 Å². The number of carboxylic acids is 1. The van der Waals surface area contributed by atoms with E-state index in [4.69, 9.17) is 9.90 Å². The van der Waals surface area contributed by atoms with E-state index >= 15 is 0 Å². The summed E-state index contributed by atoms with van der Waals surface area (Å²) in [6.07, 6.45) is 0. The van der Waals surface area contributed by atoms with Gasteiger partial charge in [-0.05, 0) is 23.0 Å². The topological polar surface area (TPSA) is 68.8 Å². The molecule has 0 aromatic carbocycles. The van der Waals surface area contributed by atoms with Crippen LogP contribution in [0.4, 0.5) is 0 Å². The van der Waals surface area contributed by atoms with Gasteiger partial charge in [0.2, 0.25) is 0 Å². The Labute approximate surface area is 126 Å². The molecule has 3 nitrogen and oxygen atoms in total. The summed E-state index contributed by atoms with van der Waals surface area (Å²) in [5.74, 6) is 4.87. The van der Waals surface area contributed by atoms with Gasteiger partial charge >= 0.3 is 37.7 Å². The number of aliphatic carboxylic acids is 1. The van der Waals surface area contributed by atoms with E-state index in [1.165, 1.54) is 23.0 Å². The molecule has 0 spiro atoms. The molecule has 0 atom stereocenters. The van der Waals surface area contributed by atoms with Crippen molar-refractivity contribution < 1.29 is 15.4 Å². The molecule has 0 radical (unpaired) electrons. The molecule has 0 aliphatic rings. The molecule has 0 fully saturated rings. The molecule has 5 heteroatoms. The summed E-state index contributed by atoms with van der Waals surface area (Å²) in [6.45, 7) is 10.4. The summed E-state index contributed by atoms with van der Waals surface area (Å²) in [7, 11) is -0.148. The van der Waals surface area contributed by atoms with Gasteiger partial charge < -0.3 is 10.6 Å². The van der Waals surface area contributed by atoms with Gasteiger partial charge in [-0.15, -0.1) is 0 Å². The fourth-order valence-electron chi connectivity index (χ4n) is 1.22. The molecule has 3 N–H and O–H groups in total. The Morgan fingerprint density at radius 1 is 1.00 bits per heavy atom. The van der Waals surface area contributed by atoms with Crippen LogP contribution in [-0.2, 0) is 4.79 Å². The molecule has 0 saturated heterocycles. The van der Waals surface area contributed by atoms with Crippen LogP contribution >= 0.6 is 10.0 Å². The van der Waals surface area contributed by atoms with E-state index in [0.717, 1.165) is 6.92 Å². The first-order valence-corrected chi connectivity index (χ1v) is 7.22. The second-order valence-corrected chi connectivity index (χ2v) is 7.66. The zero-order valence-corrected chi connectivity index (χ0v) is 10.9. The quantitative estimate of drug-likeness (QED) is 0.779. The van der Waals surface area contributed by atoms with Crippen molar-refractivity contribution in [2.24, 2.45) is 0 Å². The Bertz CT molecular complexity index is 117. The van der Waals surface area contributed by atoms with Crippen LogP contribution in [0.15, 0.2) is 0 Å². The summed E-state index contributed by atoms with van der Waals surface area (Å²) in [5, 5.41) is 7.42. The van der Waals surface area contributed by atoms with Crippen molar-refractivity contribution in [1.82, 2.24) is 0 Å². The molecule has 0 aromatic rings. The Hall–Kier alpha value is 1.04. The molecule has 0 saturated carbocycles. The summed E-state index contributed by atoms with van der Waals surface area (Å²) < 4.78 is 0. The molecule has 0 aromatic heterocycles. The van der Waals surface area contributed by atoms with Crippen LogP contribution in [-0.4, -0.2) is 77.3 Å². The molecule has 0 rings (SSSR count). The van der Waals surface area contributed by atoms with Crippen LogP contribution in [0, 0.1) is 0 Å². The summed E-state index contributed by atoms with van der Waals surface area (Å²) in [6, 6.07) is 0. The molecule has 94 valence electrons. The normalized spacial score (nSPS) is 9.93. The predicted octanol–water partition coefficient (Wildman–Crippen LogP) is 1.22. The minimum atomic E-state index is -0.833. The molecular formula is C10H28CaO3S. The second kappa shape index (κ2) is 15.0. The number of hydrogen-bond acceptors (Lipinski definition) is 1. The Balaban J connectivity index is -0.0000000883. The van der Waals surface area contributed by atoms with Crippen molar-refractivity contribution in [1.29, 1.82) is 0 Å². The first-order chi connectivity index (χ1) is 5.97. The van der Waals surface area contributed by atoms with Crippen molar-refractivity contribution in [2.75, 3.05) is 23.0 Å². The Kier molecular flexibility index (Phi) is 25.1. The fraction of sp³-hybridized carbons (Fsp3) is 0.900. The van der Waals surface area contributed by atoms with E-state index in [1.807, 2.05) is 0 Å². The monoisotopic (exact) mass is 268 g/mol. The SMILES string of the molecule is CC(=O)O.CCS(CC)(CC)CC.O.[CaH2]. The number of rotatable bonds is 4. The molecule has 0 bridgehead atoms. The van der Waals surface area contributed by atoms with Gasteiger partial charge in [-0.3, -0.25) is 4.79 Å². The third-order valence-electron chi connectivity index (χ3n) is 2.45. The Morgan fingerprint density at radius 3 is 1.13 bits per heavy atom. The van der Waals surface area contributed by atoms with Gasteiger partial charge in [-0.1, -0.05) is 27.7 Å². The minimum absolute atomic E-state index is 0. The van der Waals surface area contributed by atoms with Crippen LogP contribution in [0.5, 0.6) is 0 Å². The van der Waals surface area contributed by atoms with E-state index in [0.29, 0.717) is 0 Å². The predicted molar refractivity (Wildman–Crippen MR) is 75.2 cm³/mol. The molecule has 0 amide bonds. The van der Waals surface area contributed by atoms with Gasteiger partial charge in [-0.25, -0.2) is 10.0 Å². The number of carboxylic acid groups (broad SMARTS) is 1. The average molecular weight is 268 g/mol. The van der Waals surface area contributed by atoms with E-state index in [1.54, 1.807) is 0 Å². The second-order valence-electron chi connectivity index (χ2n) is 2.90. The number of hydrogen-bond donors (Lipinski definition) is 1. The maximum atomic E-state index is 9.00. The molecular weight excluding hydrogens is 240 g/mol. The van der Waals surface area contributed by atoms with Crippen LogP contribution in [0.25, 0.3) is 0 Å².